The Bertz CT molecular complexity index is 669. The van der Waals surface area contributed by atoms with Crippen molar-refractivity contribution in [2.45, 2.75) is 25.7 Å². The number of carbonyl (C=O) groups excluding carboxylic acids is 1. The highest BCUT2D eigenvalue weighted by Gasteiger charge is 2.27. The maximum absolute atomic E-state index is 12.6. The summed E-state index contributed by atoms with van der Waals surface area (Å²) in [6, 6.07) is 4.32. The molecule has 1 amide bonds. The first-order valence-corrected chi connectivity index (χ1v) is 8.86. The summed E-state index contributed by atoms with van der Waals surface area (Å²) in [5.41, 5.74) is -0.0801. The summed E-state index contributed by atoms with van der Waals surface area (Å²) < 4.78 is 31.3. The zero-order valence-electron chi connectivity index (χ0n) is 14.0. The normalized spacial score (nSPS) is 12.3. The Balaban J connectivity index is 2.92. The molecule has 0 aliphatic heterocycles. The van der Waals surface area contributed by atoms with Crippen LogP contribution in [0, 0.1) is 5.41 Å². The van der Waals surface area contributed by atoms with Crippen LogP contribution in [-0.4, -0.2) is 45.9 Å². The third-order valence-electron chi connectivity index (χ3n) is 3.00. The lowest BCUT2D eigenvalue weighted by Gasteiger charge is -2.21. The molecule has 1 aromatic carbocycles. The number of halogens is 1. The summed E-state index contributed by atoms with van der Waals surface area (Å²) in [5, 5.41) is 2.99. The molecule has 23 heavy (non-hydrogen) atoms. The summed E-state index contributed by atoms with van der Waals surface area (Å²) >= 11 is 5.87. The molecule has 0 bridgehead atoms. The fraction of sp³-hybridized carbons (Fsp3) is 0.533. The lowest BCUT2D eigenvalue weighted by atomic mass is 9.97. The first-order valence-electron chi connectivity index (χ1n) is 7.04. The number of ether oxygens (including phenoxy) is 1. The van der Waals surface area contributed by atoms with Gasteiger partial charge in [-0.25, -0.2) is 8.42 Å². The maximum atomic E-state index is 12.6. The lowest BCUT2D eigenvalue weighted by Crippen LogP contribution is -2.41. The largest absolute Gasteiger partial charge is 0.495 e. The molecule has 0 saturated carbocycles. The van der Waals surface area contributed by atoms with Gasteiger partial charge in [-0.3, -0.25) is 4.79 Å². The zero-order chi connectivity index (χ0) is 17.8. The van der Waals surface area contributed by atoms with Crippen molar-refractivity contribution in [3.63, 3.8) is 0 Å². The Kier molecular flexibility index (Phi) is 6.44. The summed E-state index contributed by atoms with van der Waals surface area (Å²) in [6.07, 6.45) is 0. The number of hydrogen-bond acceptors (Lipinski definition) is 4. The van der Waals surface area contributed by atoms with Crippen LogP contribution in [0.2, 0.25) is 5.02 Å². The fourth-order valence-corrected chi connectivity index (χ4v) is 3.27. The van der Waals surface area contributed by atoms with Crippen molar-refractivity contribution in [1.29, 1.82) is 0 Å². The molecule has 0 heterocycles. The van der Waals surface area contributed by atoms with E-state index in [0.717, 1.165) is 4.31 Å². The molecule has 1 N–H and O–H groups in total. The number of sulfonamides is 1. The predicted octanol–water partition coefficient (Wildman–Crippen LogP) is 2.13. The molecule has 0 aromatic heterocycles. The first-order chi connectivity index (χ1) is 10.5. The molecule has 0 saturated heterocycles. The van der Waals surface area contributed by atoms with E-state index in [2.05, 4.69) is 5.32 Å². The summed E-state index contributed by atoms with van der Waals surface area (Å²) in [4.78, 5) is 11.9. The van der Waals surface area contributed by atoms with Gasteiger partial charge in [0.15, 0.2) is 0 Å². The van der Waals surface area contributed by atoms with Gasteiger partial charge in [-0.05, 0) is 23.6 Å². The standard InChI is InChI=1S/C15H23ClN2O4S/c1-15(2,3)10-17-14(19)9-18(4)23(20,21)13-8-11(16)6-7-12(13)22-5/h6-8H,9-10H2,1-5H3,(H,17,19). The van der Waals surface area contributed by atoms with Crippen molar-refractivity contribution >= 4 is 27.5 Å². The third-order valence-corrected chi connectivity index (χ3v) is 5.06. The van der Waals surface area contributed by atoms with E-state index in [4.69, 9.17) is 16.3 Å². The fourth-order valence-electron chi connectivity index (χ4n) is 1.73. The number of rotatable bonds is 6. The molecule has 0 spiro atoms. The van der Waals surface area contributed by atoms with Crippen molar-refractivity contribution in [3.8, 4) is 5.75 Å². The van der Waals surface area contributed by atoms with Crippen LogP contribution in [-0.2, 0) is 14.8 Å². The van der Waals surface area contributed by atoms with Crippen molar-refractivity contribution in [1.82, 2.24) is 9.62 Å². The number of carbonyl (C=O) groups is 1. The molecule has 0 aliphatic carbocycles. The van der Waals surface area contributed by atoms with E-state index >= 15 is 0 Å². The van der Waals surface area contributed by atoms with E-state index in [-0.39, 0.29) is 33.5 Å². The van der Waals surface area contributed by atoms with Crippen LogP contribution in [0.3, 0.4) is 0 Å². The molecule has 130 valence electrons. The van der Waals surface area contributed by atoms with E-state index in [1.807, 2.05) is 20.8 Å². The highest BCUT2D eigenvalue weighted by Crippen LogP contribution is 2.28. The van der Waals surface area contributed by atoms with Crippen LogP contribution in [0.15, 0.2) is 23.1 Å². The van der Waals surface area contributed by atoms with Gasteiger partial charge < -0.3 is 10.1 Å². The smallest absolute Gasteiger partial charge is 0.247 e. The van der Waals surface area contributed by atoms with E-state index in [9.17, 15) is 13.2 Å². The highest BCUT2D eigenvalue weighted by atomic mass is 35.5. The van der Waals surface area contributed by atoms with E-state index in [1.54, 1.807) is 0 Å². The highest BCUT2D eigenvalue weighted by molar-refractivity contribution is 7.89. The third kappa shape index (κ3) is 5.67. The van der Waals surface area contributed by atoms with Crippen molar-refractivity contribution in [3.05, 3.63) is 23.2 Å². The molecule has 0 radical (unpaired) electrons. The van der Waals surface area contributed by atoms with Gasteiger partial charge >= 0.3 is 0 Å². The van der Waals surface area contributed by atoms with Gasteiger partial charge in [-0.15, -0.1) is 0 Å². The SMILES string of the molecule is COc1ccc(Cl)cc1S(=O)(=O)N(C)CC(=O)NCC(C)(C)C. The molecule has 1 rings (SSSR count). The second-order valence-corrected chi connectivity index (χ2v) is 8.84. The minimum atomic E-state index is -3.89. The zero-order valence-corrected chi connectivity index (χ0v) is 15.6. The number of amides is 1. The molecule has 0 fully saturated rings. The van der Waals surface area contributed by atoms with E-state index in [0.29, 0.717) is 6.54 Å². The Morgan fingerprint density at radius 2 is 1.96 bits per heavy atom. The molecular formula is C15H23ClN2O4S. The molecule has 6 nitrogen and oxygen atoms in total. The van der Waals surface area contributed by atoms with Crippen molar-refractivity contribution in [2.24, 2.45) is 5.41 Å². The Morgan fingerprint density at radius 3 is 2.48 bits per heavy atom. The van der Waals surface area contributed by atoms with Crippen molar-refractivity contribution in [2.75, 3.05) is 27.2 Å². The summed E-state index contributed by atoms with van der Waals surface area (Å²) in [7, 11) is -1.18. The van der Waals surface area contributed by atoms with Gasteiger partial charge in [-0.2, -0.15) is 4.31 Å². The molecule has 0 unspecified atom stereocenters. The van der Waals surface area contributed by atoms with E-state index < -0.39 is 10.0 Å². The van der Waals surface area contributed by atoms with Gasteiger partial charge in [0.25, 0.3) is 0 Å². The monoisotopic (exact) mass is 362 g/mol. The summed E-state index contributed by atoms with van der Waals surface area (Å²) in [5.74, 6) is -0.191. The minimum absolute atomic E-state index is 0.0707. The van der Waals surface area contributed by atoms with Gasteiger partial charge in [0.1, 0.15) is 10.6 Å². The van der Waals surface area contributed by atoms with Gasteiger partial charge in [0.2, 0.25) is 15.9 Å². The lowest BCUT2D eigenvalue weighted by molar-refractivity contribution is -0.121. The van der Waals surface area contributed by atoms with Crippen LogP contribution in [0.5, 0.6) is 5.75 Å². The second-order valence-electron chi connectivity index (χ2n) is 6.39. The van der Waals surface area contributed by atoms with Gasteiger partial charge in [0.05, 0.1) is 13.7 Å². The van der Waals surface area contributed by atoms with Gasteiger partial charge in [0, 0.05) is 18.6 Å². The number of nitrogens with one attached hydrogen (secondary N) is 1. The van der Waals surface area contributed by atoms with Crippen molar-refractivity contribution < 1.29 is 17.9 Å². The van der Waals surface area contributed by atoms with Crippen LogP contribution in [0.4, 0.5) is 0 Å². The Morgan fingerprint density at radius 1 is 1.35 bits per heavy atom. The topological polar surface area (TPSA) is 75.7 Å². The van der Waals surface area contributed by atoms with Crippen LogP contribution in [0.1, 0.15) is 20.8 Å². The average Bonchev–Trinajstić information content (AvgIpc) is 2.44. The molecule has 0 atom stereocenters. The number of nitrogens with zero attached hydrogens (tertiary/aromatic N) is 1. The molecule has 8 heteroatoms. The number of hydrogen-bond donors (Lipinski definition) is 1. The van der Waals surface area contributed by atoms with Crippen LogP contribution in [0.25, 0.3) is 0 Å². The molecular weight excluding hydrogens is 340 g/mol. The first kappa shape index (κ1) is 19.7. The number of likely N-dealkylation sites (N-methyl/N-ethyl adjacent to an activating group) is 1. The Hall–Kier alpha value is -1.31. The average molecular weight is 363 g/mol. The predicted molar refractivity (Wildman–Crippen MR) is 90.3 cm³/mol. The molecule has 1 aromatic rings. The van der Waals surface area contributed by atoms with Crippen LogP contribution < -0.4 is 10.1 Å². The second kappa shape index (κ2) is 7.51. The van der Waals surface area contributed by atoms with Crippen LogP contribution >= 0.6 is 11.6 Å². The quantitative estimate of drug-likeness (QED) is 0.841. The molecule has 0 aliphatic rings. The number of methoxy groups -OCH3 is 1. The maximum Gasteiger partial charge on any atom is 0.247 e. The van der Waals surface area contributed by atoms with Gasteiger partial charge in [-0.1, -0.05) is 32.4 Å². The number of benzene rings is 1. The summed E-state index contributed by atoms with van der Waals surface area (Å²) in [6.45, 7) is 6.11. The van der Waals surface area contributed by atoms with E-state index in [1.165, 1.54) is 32.4 Å². The minimum Gasteiger partial charge on any atom is -0.495 e. The Labute approximate surface area is 142 Å².